The summed E-state index contributed by atoms with van der Waals surface area (Å²) in [5.41, 5.74) is -0.0781. The van der Waals surface area contributed by atoms with Gasteiger partial charge in [0.1, 0.15) is 0 Å². The fraction of sp³-hybridized carbons (Fsp3) is 1.00. The molecule has 0 aromatic carbocycles. The van der Waals surface area contributed by atoms with Crippen LogP contribution in [-0.2, 0) is 14.5 Å². The molecule has 11 heavy (non-hydrogen) atoms. The second-order valence-electron chi connectivity index (χ2n) is 3.20. The summed E-state index contributed by atoms with van der Waals surface area (Å²) < 4.78 is 28.1. The van der Waals surface area contributed by atoms with E-state index in [2.05, 4.69) is 8.91 Å². The van der Waals surface area contributed by atoms with Gasteiger partial charge in [-0.2, -0.15) is 13.1 Å². The maximum absolute atomic E-state index is 10.6. The standard InChI is InChI=1S/C5H11NO3S.CH4/c1-5(2)3-6-10(7,8)9-4-5;/h6H,3-4H2,1-2H3;1H4. The first-order valence-electron chi connectivity index (χ1n) is 3.05. The van der Waals surface area contributed by atoms with Gasteiger partial charge in [0.2, 0.25) is 0 Å². The third-order valence-electron chi connectivity index (χ3n) is 1.33. The average Bonchev–Trinajstić information content (AvgIpc) is 1.79. The van der Waals surface area contributed by atoms with Crippen LogP contribution in [0, 0.1) is 5.41 Å². The van der Waals surface area contributed by atoms with E-state index in [1.807, 2.05) is 13.8 Å². The van der Waals surface area contributed by atoms with Crippen molar-refractivity contribution >= 4 is 10.3 Å². The number of rotatable bonds is 0. The molecule has 1 saturated heterocycles. The Hall–Kier alpha value is -0.130. The van der Waals surface area contributed by atoms with Gasteiger partial charge in [0.05, 0.1) is 6.61 Å². The molecule has 0 unspecified atom stereocenters. The van der Waals surface area contributed by atoms with Gasteiger partial charge >= 0.3 is 10.3 Å². The molecule has 4 nitrogen and oxygen atoms in total. The summed E-state index contributed by atoms with van der Waals surface area (Å²) in [6, 6.07) is 0. The van der Waals surface area contributed by atoms with Gasteiger partial charge in [0.25, 0.3) is 0 Å². The van der Waals surface area contributed by atoms with Crippen molar-refractivity contribution in [2.24, 2.45) is 5.41 Å². The normalized spacial score (nSPS) is 27.1. The van der Waals surface area contributed by atoms with Gasteiger partial charge < -0.3 is 0 Å². The molecule has 0 bridgehead atoms. The van der Waals surface area contributed by atoms with E-state index in [0.29, 0.717) is 6.54 Å². The van der Waals surface area contributed by atoms with Crippen LogP contribution >= 0.6 is 0 Å². The predicted octanol–water partition coefficient (Wildman–Crippen LogP) is 0.513. The van der Waals surface area contributed by atoms with E-state index in [-0.39, 0.29) is 19.4 Å². The van der Waals surface area contributed by atoms with Crippen LogP contribution in [0.3, 0.4) is 0 Å². The fourth-order valence-corrected chi connectivity index (χ4v) is 1.74. The molecule has 0 radical (unpaired) electrons. The number of nitrogens with one attached hydrogen (secondary N) is 1. The molecule has 0 saturated carbocycles. The van der Waals surface area contributed by atoms with Crippen LogP contribution < -0.4 is 4.72 Å². The van der Waals surface area contributed by atoms with Gasteiger partial charge in [-0.15, -0.1) is 0 Å². The lowest BCUT2D eigenvalue weighted by atomic mass is 9.96. The van der Waals surface area contributed by atoms with Gasteiger partial charge in [-0.3, -0.25) is 4.18 Å². The highest BCUT2D eigenvalue weighted by Gasteiger charge is 2.29. The molecule has 1 N–H and O–H groups in total. The molecule has 1 aliphatic heterocycles. The van der Waals surface area contributed by atoms with Crippen LogP contribution in [0.25, 0.3) is 0 Å². The zero-order valence-electron chi connectivity index (χ0n) is 6.05. The lowest BCUT2D eigenvalue weighted by molar-refractivity contribution is 0.159. The highest BCUT2D eigenvalue weighted by Crippen LogP contribution is 2.18. The van der Waals surface area contributed by atoms with Crippen molar-refractivity contribution < 1.29 is 12.6 Å². The van der Waals surface area contributed by atoms with Gasteiger partial charge in [-0.25, -0.2) is 0 Å². The highest BCUT2D eigenvalue weighted by molar-refractivity contribution is 7.84. The van der Waals surface area contributed by atoms with Crippen molar-refractivity contribution in [2.75, 3.05) is 13.2 Å². The largest absolute Gasteiger partial charge is 0.335 e. The topological polar surface area (TPSA) is 55.4 Å². The summed E-state index contributed by atoms with van der Waals surface area (Å²) in [4.78, 5) is 0. The van der Waals surface area contributed by atoms with Crippen LogP contribution in [0.5, 0.6) is 0 Å². The Morgan fingerprint density at radius 2 is 2.00 bits per heavy atom. The zero-order chi connectivity index (χ0) is 7.83. The Morgan fingerprint density at radius 3 is 2.27 bits per heavy atom. The molecule has 1 heterocycles. The van der Waals surface area contributed by atoms with E-state index in [0.717, 1.165) is 0 Å². The summed E-state index contributed by atoms with van der Waals surface area (Å²) in [7, 11) is -3.40. The second kappa shape index (κ2) is 3.08. The van der Waals surface area contributed by atoms with Gasteiger partial charge in [-0.1, -0.05) is 21.3 Å². The molecule has 68 valence electrons. The molecule has 0 aromatic heterocycles. The van der Waals surface area contributed by atoms with E-state index in [1.54, 1.807) is 0 Å². The molecule has 1 aliphatic rings. The van der Waals surface area contributed by atoms with Crippen LogP contribution in [0.4, 0.5) is 0 Å². The third-order valence-corrected chi connectivity index (χ3v) is 2.26. The minimum Gasteiger partial charge on any atom is -0.257 e. The zero-order valence-corrected chi connectivity index (χ0v) is 6.86. The van der Waals surface area contributed by atoms with E-state index < -0.39 is 10.3 Å². The van der Waals surface area contributed by atoms with Crippen molar-refractivity contribution in [3.8, 4) is 0 Å². The van der Waals surface area contributed by atoms with Gasteiger partial charge in [0.15, 0.2) is 0 Å². The molecular weight excluding hydrogens is 166 g/mol. The SMILES string of the molecule is C.CC1(C)CNS(=O)(=O)OC1. The fourth-order valence-electron chi connectivity index (χ4n) is 0.614. The van der Waals surface area contributed by atoms with Crippen molar-refractivity contribution in [3.05, 3.63) is 0 Å². The first-order valence-corrected chi connectivity index (χ1v) is 4.46. The second-order valence-corrected chi connectivity index (χ2v) is 4.63. The first-order chi connectivity index (χ1) is 4.41. The van der Waals surface area contributed by atoms with Crippen LogP contribution in [0.15, 0.2) is 0 Å². The van der Waals surface area contributed by atoms with Crippen LogP contribution in [0.2, 0.25) is 0 Å². The highest BCUT2D eigenvalue weighted by atomic mass is 32.2. The first kappa shape index (κ1) is 10.9. The molecule has 0 spiro atoms. The molecule has 5 heteroatoms. The Bertz CT molecular complexity index is 204. The summed E-state index contributed by atoms with van der Waals surface area (Å²) in [6.07, 6.45) is 0. The Morgan fingerprint density at radius 1 is 1.45 bits per heavy atom. The van der Waals surface area contributed by atoms with Gasteiger partial charge in [0, 0.05) is 12.0 Å². The Labute approximate surface area is 68.2 Å². The third kappa shape index (κ3) is 3.18. The number of hydrogen-bond acceptors (Lipinski definition) is 3. The predicted molar refractivity (Wildman–Crippen MR) is 43.4 cm³/mol. The smallest absolute Gasteiger partial charge is 0.257 e. The summed E-state index contributed by atoms with van der Waals surface area (Å²) >= 11 is 0. The monoisotopic (exact) mass is 181 g/mol. The lowest BCUT2D eigenvalue weighted by Crippen LogP contribution is -2.44. The quantitative estimate of drug-likeness (QED) is 0.592. The molecule has 0 atom stereocenters. The summed E-state index contributed by atoms with van der Waals surface area (Å²) in [5.74, 6) is 0. The van der Waals surface area contributed by atoms with Crippen molar-refractivity contribution in [2.45, 2.75) is 21.3 Å². The molecule has 1 rings (SSSR count). The van der Waals surface area contributed by atoms with Crippen molar-refractivity contribution in [3.63, 3.8) is 0 Å². The minimum absolute atomic E-state index is 0. The average molecular weight is 181 g/mol. The van der Waals surface area contributed by atoms with Crippen molar-refractivity contribution in [1.82, 2.24) is 4.72 Å². The number of hydrogen-bond donors (Lipinski definition) is 1. The minimum atomic E-state index is -3.40. The van der Waals surface area contributed by atoms with Crippen LogP contribution in [-0.4, -0.2) is 21.6 Å². The van der Waals surface area contributed by atoms with Crippen LogP contribution in [0.1, 0.15) is 21.3 Å². The van der Waals surface area contributed by atoms with Crippen molar-refractivity contribution in [1.29, 1.82) is 0 Å². The maximum atomic E-state index is 10.6. The summed E-state index contributed by atoms with van der Waals surface area (Å²) in [5, 5.41) is 0. The lowest BCUT2D eigenvalue weighted by Gasteiger charge is -2.28. The molecule has 0 amide bonds. The van der Waals surface area contributed by atoms with E-state index in [1.165, 1.54) is 0 Å². The summed E-state index contributed by atoms with van der Waals surface area (Å²) in [6.45, 7) is 4.60. The molecule has 0 aromatic rings. The van der Waals surface area contributed by atoms with E-state index in [9.17, 15) is 8.42 Å². The Kier molecular flexibility index (Phi) is 3.05. The maximum Gasteiger partial charge on any atom is 0.335 e. The molecular formula is C6H15NO3S. The Balaban J connectivity index is 0.000001000. The van der Waals surface area contributed by atoms with E-state index in [4.69, 9.17) is 0 Å². The molecule has 1 fully saturated rings. The molecule has 0 aliphatic carbocycles. The van der Waals surface area contributed by atoms with Gasteiger partial charge in [-0.05, 0) is 0 Å². The van der Waals surface area contributed by atoms with E-state index >= 15 is 0 Å².